The van der Waals surface area contributed by atoms with E-state index in [1.54, 1.807) is 21.9 Å². The Bertz CT molecular complexity index is 1200. The van der Waals surface area contributed by atoms with Crippen LogP contribution in [0.5, 0.6) is 0 Å². The van der Waals surface area contributed by atoms with Crippen molar-refractivity contribution in [1.82, 2.24) is 20.0 Å². The zero-order chi connectivity index (χ0) is 26.4. The van der Waals surface area contributed by atoms with Crippen molar-refractivity contribution in [2.45, 2.75) is 32.7 Å². The Morgan fingerprint density at radius 1 is 0.892 bits per heavy atom. The Kier molecular flexibility index (Phi) is 8.43. The third-order valence-electron chi connectivity index (χ3n) is 6.74. The van der Waals surface area contributed by atoms with E-state index in [-0.39, 0.29) is 30.2 Å². The van der Waals surface area contributed by atoms with Gasteiger partial charge in [-0.25, -0.2) is 8.78 Å². The Morgan fingerprint density at radius 3 is 2.19 bits per heavy atom. The smallest absolute Gasteiger partial charge is 0.254 e. The van der Waals surface area contributed by atoms with Crippen LogP contribution in [0.25, 0.3) is 11.3 Å². The van der Waals surface area contributed by atoms with Crippen LogP contribution in [0, 0.1) is 11.6 Å². The van der Waals surface area contributed by atoms with Gasteiger partial charge < -0.3 is 14.7 Å². The summed E-state index contributed by atoms with van der Waals surface area (Å²) in [4.78, 5) is 31.8. The maximum Gasteiger partial charge on any atom is 0.254 e. The van der Waals surface area contributed by atoms with E-state index in [1.807, 2.05) is 26.0 Å². The maximum atomic E-state index is 13.3. The Morgan fingerprint density at radius 2 is 1.57 bits per heavy atom. The first-order valence-corrected chi connectivity index (χ1v) is 12.5. The highest BCUT2D eigenvalue weighted by Crippen LogP contribution is 2.20. The number of halogens is 2. The van der Waals surface area contributed by atoms with Crippen molar-refractivity contribution < 1.29 is 18.4 Å². The molecule has 194 valence electrons. The van der Waals surface area contributed by atoms with E-state index >= 15 is 0 Å². The second-order valence-electron chi connectivity index (χ2n) is 9.20. The summed E-state index contributed by atoms with van der Waals surface area (Å²) in [5, 5.41) is 8.66. The quantitative estimate of drug-likeness (QED) is 0.474. The molecule has 2 aromatic carbocycles. The van der Waals surface area contributed by atoms with Gasteiger partial charge >= 0.3 is 0 Å². The lowest BCUT2D eigenvalue weighted by molar-refractivity contribution is -0.132. The summed E-state index contributed by atoms with van der Waals surface area (Å²) in [6.45, 7) is 6.23. The summed E-state index contributed by atoms with van der Waals surface area (Å²) < 4.78 is 26.5. The first-order chi connectivity index (χ1) is 17.9. The molecule has 0 saturated carbocycles. The van der Waals surface area contributed by atoms with Crippen LogP contribution in [0.4, 0.5) is 14.6 Å². The Hall–Kier alpha value is -3.88. The number of benzene rings is 2. The van der Waals surface area contributed by atoms with E-state index < -0.39 is 5.82 Å². The van der Waals surface area contributed by atoms with Crippen molar-refractivity contribution in [3.63, 3.8) is 0 Å². The van der Waals surface area contributed by atoms with Crippen molar-refractivity contribution in [3.8, 4) is 11.3 Å². The Balaban J connectivity index is 1.39. The van der Waals surface area contributed by atoms with Crippen molar-refractivity contribution in [2.75, 3.05) is 37.6 Å². The van der Waals surface area contributed by atoms with Crippen LogP contribution in [0.3, 0.4) is 0 Å². The molecule has 0 spiro atoms. The molecular formula is C28H31F2N5O2. The number of anilines is 1. The van der Waals surface area contributed by atoms with Gasteiger partial charge in [-0.15, -0.1) is 10.2 Å². The van der Waals surface area contributed by atoms with Gasteiger partial charge in [0, 0.05) is 43.3 Å². The number of carbonyl (C=O) groups excluding carboxylic acids is 2. The number of nitrogens with zero attached hydrogens (tertiary/aromatic N) is 5. The molecule has 1 aliphatic rings. The minimum absolute atomic E-state index is 0.0304. The van der Waals surface area contributed by atoms with E-state index in [4.69, 9.17) is 0 Å². The normalized spacial score (nSPS) is 14.7. The van der Waals surface area contributed by atoms with Crippen LogP contribution in [-0.4, -0.2) is 70.6 Å². The van der Waals surface area contributed by atoms with Gasteiger partial charge in [-0.05, 0) is 80.4 Å². The highest BCUT2D eigenvalue weighted by molar-refractivity contribution is 5.96. The maximum absolute atomic E-state index is 13.3. The molecule has 3 aromatic rings. The van der Waals surface area contributed by atoms with Gasteiger partial charge in [0.05, 0.1) is 5.69 Å². The van der Waals surface area contributed by atoms with E-state index in [0.717, 1.165) is 18.5 Å². The molecule has 37 heavy (non-hydrogen) atoms. The molecule has 0 bridgehead atoms. The lowest BCUT2D eigenvalue weighted by Gasteiger charge is -2.31. The molecule has 4 rings (SSSR count). The molecule has 1 unspecified atom stereocenters. The lowest BCUT2D eigenvalue weighted by Crippen LogP contribution is -2.47. The predicted octanol–water partition coefficient (Wildman–Crippen LogP) is 4.40. The SMILES string of the molecule is CCC(C)N(CC(=O)N1CCCN(c2ccc(-c3ccc(F)cc3)nn2)CC1)C(=O)c1ccc(F)cc1. The largest absolute Gasteiger partial charge is 0.353 e. The lowest BCUT2D eigenvalue weighted by atomic mass is 10.1. The standard InChI is InChI=1S/C28H31F2N5O2/c1-3-20(2)35(28(37)22-7-11-24(30)12-8-22)19-27(36)34-16-4-15-33(17-18-34)26-14-13-25(31-32-26)21-5-9-23(29)10-6-21/h5-14,20H,3-4,15-19H2,1-2H3. The third kappa shape index (κ3) is 6.47. The van der Waals surface area contributed by atoms with E-state index in [2.05, 4.69) is 15.1 Å². The van der Waals surface area contributed by atoms with Gasteiger partial charge in [0.1, 0.15) is 18.2 Å². The summed E-state index contributed by atoms with van der Waals surface area (Å²) in [5.41, 5.74) is 1.81. The summed E-state index contributed by atoms with van der Waals surface area (Å²) in [7, 11) is 0. The molecule has 1 aliphatic heterocycles. The summed E-state index contributed by atoms with van der Waals surface area (Å²) in [5.74, 6) is -0.394. The monoisotopic (exact) mass is 507 g/mol. The minimum atomic E-state index is -0.411. The first-order valence-electron chi connectivity index (χ1n) is 12.5. The van der Waals surface area contributed by atoms with Crippen LogP contribution in [0.2, 0.25) is 0 Å². The first kappa shape index (κ1) is 26.2. The van der Waals surface area contributed by atoms with Gasteiger partial charge in [0.2, 0.25) is 5.91 Å². The third-order valence-corrected chi connectivity index (χ3v) is 6.74. The van der Waals surface area contributed by atoms with Gasteiger partial charge in [0.25, 0.3) is 5.91 Å². The zero-order valence-electron chi connectivity index (χ0n) is 21.1. The summed E-state index contributed by atoms with van der Waals surface area (Å²) in [6, 6.07) is 15.1. The summed E-state index contributed by atoms with van der Waals surface area (Å²) in [6.07, 6.45) is 1.45. The molecule has 1 saturated heterocycles. The fraction of sp³-hybridized carbons (Fsp3) is 0.357. The molecule has 0 N–H and O–H groups in total. The Labute approximate surface area is 215 Å². The molecule has 1 aromatic heterocycles. The molecule has 1 fully saturated rings. The van der Waals surface area contributed by atoms with Crippen molar-refractivity contribution in [3.05, 3.63) is 77.9 Å². The molecule has 0 aliphatic carbocycles. The second-order valence-corrected chi connectivity index (χ2v) is 9.20. The molecule has 2 amide bonds. The van der Waals surface area contributed by atoms with E-state index in [1.165, 1.54) is 36.4 Å². The van der Waals surface area contributed by atoms with Crippen molar-refractivity contribution >= 4 is 17.6 Å². The number of hydrogen-bond donors (Lipinski definition) is 0. The van der Waals surface area contributed by atoms with Gasteiger partial charge in [-0.3, -0.25) is 9.59 Å². The predicted molar refractivity (Wildman–Crippen MR) is 138 cm³/mol. The average Bonchev–Trinajstić information content (AvgIpc) is 3.18. The number of hydrogen-bond acceptors (Lipinski definition) is 5. The fourth-order valence-electron chi connectivity index (χ4n) is 4.32. The van der Waals surface area contributed by atoms with Crippen molar-refractivity contribution in [2.24, 2.45) is 0 Å². The van der Waals surface area contributed by atoms with Crippen LogP contribution < -0.4 is 4.90 Å². The minimum Gasteiger partial charge on any atom is -0.353 e. The molecule has 0 radical (unpaired) electrons. The fourth-order valence-corrected chi connectivity index (χ4v) is 4.32. The summed E-state index contributed by atoms with van der Waals surface area (Å²) >= 11 is 0. The van der Waals surface area contributed by atoms with Crippen LogP contribution in [-0.2, 0) is 4.79 Å². The van der Waals surface area contributed by atoms with Gasteiger partial charge in [0.15, 0.2) is 5.82 Å². The van der Waals surface area contributed by atoms with Crippen LogP contribution in [0.15, 0.2) is 60.7 Å². The van der Waals surface area contributed by atoms with Gasteiger partial charge in [-0.2, -0.15) is 0 Å². The topological polar surface area (TPSA) is 69.6 Å². The highest BCUT2D eigenvalue weighted by Gasteiger charge is 2.27. The van der Waals surface area contributed by atoms with Crippen LogP contribution >= 0.6 is 0 Å². The number of rotatable bonds is 7. The van der Waals surface area contributed by atoms with Crippen molar-refractivity contribution in [1.29, 1.82) is 0 Å². The van der Waals surface area contributed by atoms with E-state index in [0.29, 0.717) is 43.1 Å². The average molecular weight is 508 g/mol. The molecule has 1 atom stereocenters. The van der Waals surface area contributed by atoms with E-state index in [9.17, 15) is 18.4 Å². The highest BCUT2D eigenvalue weighted by atomic mass is 19.1. The number of carbonyl (C=O) groups is 2. The zero-order valence-corrected chi connectivity index (χ0v) is 21.1. The number of aromatic nitrogens is 2. The molecule has 7 nitrogen and oxygen atoms in total. The molecular weight excluding hydrogens is 476 g/mol. The second kappa shape index (κ2) is 11.9. The molecule has 2 heterocycles. The van der Waals surface area contributed by atoms with Gasteiger partial charge in [-0.1, -0.05) is 6.92 Å². The van der Waals surface area contributed by atoms with Crippen LogP contribution in [0.1, 0.15) is 37.0 Å². The number of amides is 2. The molecule has 9 heteroatoms.